The van der Waals surface area contributed by atoms with Gasteiger partial charge in [-0.25, -0.2) is 0 Å². The minimum Gasteiger partial charge on any atom is -0.324 e. The Bertz CT molecular complexity index is 596. The van der Waals surface area contributed by atoms with Gasteiger partial charge >= 0.3 is 0 Å². The molecule has 1 heterocycles. The summed E-state index contributed by atoms with van der Waals surface area (Å²) in [7, 11) is 0. The van der Waals surface area contributed by atoms with Crippen LogP contribution in [0.25, 0.3) is 11.4 Å². The number of aromatic nitrogens is 3. The van der Waals surface area contributed by atoms with Gasteiger partial charge in [0, 0.05) is 11.1 Å². The standard InChI is InChI=1S/C14H19ClN4/c1-9-5-6-10(11(15)7-9)13-18-17-12(8-16)19(13)14(2,3)4/h5-7H,8,16H2,1-4H3. The molecule has 0 aliphatic carbocycles. The molecule has 0 amide bonds. The first kappa shape index (κ1) is 14.0. The lowest BCUT2D eigenvalue weighted by Gasteiger charge is -2.25. The summed E-state index contributed by atoms with van der Waals surface area (Å²) < 4.78 is 2.05. The van der Waals surface area contributed by atoms with Gasteiger partial charge in [-0.15, -0.1) is 10.2 Å². The number of hydrogen-bond acceptors (Lipinski definition) is 3. The number of rotatable bonds is 2. The van der Waals surface area contributed by atoms with Crippen LogP contribution < -0.4 is 5.73 Å². The topological polar surface area (TPSA) is 56.7 Å². The normalized spacial score (nSPS) is 11.9. The first-order valence-electron chi connectivity index (χ1n) is 6.26. The van der Waals surface area contributed by atoms with Crippen LogP contribution in [-0.4, -0.2) is 14.8 Å². The van der Waals surface area contributed by atoms with Gasteiger partial charge in [0.25, 0.3) is 0 Å². The van der Waals surface area contributed by atoms with Gasteiger partial charge in [0.1, 0.15) is 5.82 Å². The summed E-state index contributed by atoms with van der Waals surface area (Å²) >= 11 is 6.33. The zero-order valence-electron chi connectivity index (χ0n) is 11.7. The maximum atomic E-state index is 6.33. The highest BCUT2D eigenvalue weighted by atomic mass is 35.5. The largest absolute Gasteiger partial charge is 0.324 e. The van der Waals surface area contributed by atoms with Crippen molar-refractivity contribution in [2.75, 3.05) is 0 Å². The van der Waals surface area contributed by atoms with Gasteiger partial charge in [-0.05, 0) is 45.4 Å². The van der Waals surface area contributed by atoms with Crippen molar-refractivity contribution in [3.05, 3.63) is 34.6 Å². The molecule has 0 spiro atoms. The molecular formula is C14H19ClN4. The fourth-order valence-corrected chi connectivity index (χ4v) is 2.45. The highest BCUT2D eigenvalue weighted by Gasteiger charge is 2.24. The zero-order valence-corrected chi connectivity index (χ0v) is 12.5. The molecule has 1 aromatic heterocycles. The number of nitrogens with two attached hydrogens (primary N) is 1. The van der Waals surface area contributed by atoms with E-state index >= 15 is 0 Å². The van der Waals surface area contributed by atoms with Crippen LogP contribution >= 0.6 is 11.6 Å². The summed E-state index contributed by atoms with van der Waals surface area (Å²) in [5.41, 5.74) is 7.60. The summed E-state index contributed by atoms with van der Waals surface area (Å²) in [5, 5.41) is 9.11. The number of nitrogens with zero attached hydrogens (tertiary/aromatic N) is 3. The minimum atomic E-state index is -0.151. The summed E-state index contributed by atoms with van der Waals surface area (Å²) in [4.78, 5) is 0. The molecule has 1 aromatic carbocycles. The maximum absolute atomic E-state index is 6.33. The van der Waals surface area contributed by atoms with Gasteiger partial charge in [-0.1, -0.05) is 17.7 Å². The van der Waals surface area contributed by atoms with Gasteiger partial charge in [0.05, 0.1) is 11.6 Å². The molecule has 5 heteroatoms. The molecule has 0 aliphatic rings. The van der Waals surface area contributed by atoms with Gasteiger partial charge in [0.2, 0.25) is 0 Å². The fourth-order valence-electron chi connectivity index (χ4n) is 2.13. The Labute approximate surface area is 118 Å². The molecule has 2 rings (SSSR count). The van der Waals surface area contributed by atoms with Crippen molar-refractivity contribution in [1.82, 2.24) is 14.8 Å². The first-order valence-corrected chi connectivity index (χ1v) is 6.63. The first-order chi connectivity index (χ1) is 8.84. The van der Waals surface area contributed by atoms with E-state index in [-0.39, 0.29) is 5.54 Å². The fraction of sp³-hybridized carbons (Fsp3) is 0.429. The van der Waals surface area contributed by atoms with Crippen LogP contribution in [0, 0.1) is 6.92 Å². The van der Waals surface area contributed by atoms with Gasteiger partial charge in [-0.2, -0.15) is 0 Å². The molecule has 0 aliphatic heterocycles. The van der Waals surface area contributed by atoms with E-state index in [0.717, 1.165) is 22.8 Å². The third-order valence-corrected chi connectivity index (χ3v) is 3.26. The van der Waals surface area contributed by atoms with Crippen molar-refractivity contribution in [2.24, 2.45) is 5.73 Å². The molecule has 19 heavy (non-hydrogen) atoms. The number of halogens is 1. The molecule has 0 unspecified atom stereocenters. The Hall–Kier alpha value is -1.39. The SMILES string of the molecule is Cc1ccc(-c2nnc(CN)n2C(C)(C)C)c(Cl)c1. The molecule has 0 radical (unpaired) electrons. The van der Waals surface area contributed by atoms with Crippen molar-refractivity contribution >= 4 is 11.6 Å². The van der Waals surface area contributed by atoms with Crippen LogP contribution in [0.4, 0.5) is 0 Å². The van der Waals surface area contributed by atoms with Crippen LogP contribution in [0.3, 0.4) is 0 Å². The van der Waals surface area contributed by atoms with Crippen LogP contribution in [-0.2, 0) is 12.1 Å². The van der Waals surface area contributed by atoms with Gasteiger partial charge in [0.15, 0.2) is 5.82 Å². The molecule has 102 valence electrons. The maximum Gasteiger partial charge on any atom is 0.166 e. The quantitative estimate of drug-likeness (QED) is 0.918. The Morgan fingerprint density at radius 1 is 1.26 bits per heavy atom. The Morgan fingerprint density at radius 2 is 1.95 bits per heavy atom. The zero-order chi connectivity index (χ0) is 14.2. The van der Waals surface area contributed by atoms with E-state index in [2.05, 4.69) is 31.0 Å². The van der Waals surface area contributed by atoms with E-state index < -0.39 is 0 Å². The molecule has 0 fully saturated rings. The lowest BCUT2D eigenvalue weighted by Crippen LogP contribution is -2.26. The van der Waals surface area contributed by atoms with Crippen molar-refractivity contribution in [1.29, 1.82) is 0 Å². The Balaban J connectivity index is 2.66. The third-order valence-electron chi connectivity index (χ3n) is 2.95. The summed E-state index contributed by atoms with van der Waals surface area (Å²) in [5.74, 6) is 1.53. The van der Waals surface area contributed by atoms with Gasteiger partial charge < -0.3 is 10.3 Å². The molecule has 0 saturated heterocycles. The lowest BCUT2D eigenvalue weighted by atomic mass is 10.1. The summed E-state index contributed by atoms with van der Waals surface area (Å²) in [6.45, 7) is 8.66. The Kier molecular flexibility index (Phi) is 3.65. The third kappa shape index (κ3) is 2.65. The number of aryl methyl sites for hydroxylation is 1. The van der Waals surface area contributed by atoms with Crippen LogP contribution in [0.1, 0.15) is 32.2 Å². The van der Waals surface area contributed by atoms with E-state index in [4.69, 9.17) is 17.3 Å². The second-order valence-corrected chi connectivity index (χ2v) is 6.04. The molecule has 2 aromatic rings. The predicted molar refractivity (Wildman–Crippen MR) is 78.1 cm³/mol. The average molecular weight is 279 g/mol. The average Bonchev–Trinajstić information content (AvgIpc) is 2.72. The molecular weight excluding hydrogens is 260 g/mol. The summed E-state index contributed by atoms with van der Waals surface area (Å²) in [6.07, 6.45) is 0. The highest BCUT2D eigenvalue weighted by molar-refractivity contribution is 6.33. The predicted octanol–water partition coefficient (Wildman–Crippen LogP) is 3.12. The van der Waals surface area contributed by atoms with Crippen molar-refractivity contribution in [3.63, 3.8) is 0 Å². The second kappa shape index (κ2) is 4.94. The van der Waals surface area contributed by atoms with E-state index in [1.54, 1.807) is 0 Å². The minimum absolute atomic E-state index is 0.151. The number of benzene rings is 1. The van der Waals surface area contributed by atoms with Crippen molar-refractivity contribution in [3.8, 4) is 11.4 Å². The van der Waals surface area contributed by atoms with Crippen LogP contribution in [0.15, 0.2) is 18.2 Å². The molecule has 0 saturated carbocycles. The van der Waals surface area contributed by atoms with Crippen LogP contribution in [0.2, 0.25) is 5.02 Å². The van der Waals surface area contributed by atoms with E-state index in [9.17, 15) is 0 Å². The lowest BCUT2D eigenvalue weighted by molar-refractivity contribution is 0.386. The Morgan fingerprint density at radius 3 is 2.47 bits per heavy atom. The van der Waals surface area contributed by atoms with Crippen molar-refractivity contribution in [2.45, 2.75) is 39.8 Å². The molecule has 4 nitrogen and oxygen atoms in total. The van der Waals surface area contributed by atoms with Crippen LogP contribution in [0.5, 0.6) is 0 Å². The number of hydrogen-bond donors (Lipinski definition) is 1. The van der Waals surface area contributed by atoms with E-state index in [1.165, 1.54) is 0 Å². The molecule has 0 bridgehead atoms. The van der Waals surface area contributed by atoms with E-state index in [0.29, 0.717) is 11.6 Å². The molecule has 2 N–H and O–H groups in total. The van der Waals surface area contributed by atoms with E-state index in [1.807, 2.05) is 29.7 Å². The van der Waals surface area contributed by atoms with Crippen molar-refractivity contribution < 1.29 is 0 Å². The monoisotopic (exact) mass is 278 g/mol. The second-order valence-electron chi connectivity index (χ2n) is 5.63. The molecule has 0 atom stereocenters. The van der Waals surface area contributed by atoms with Gasteiger partial charge in [-0.3, -0.25) is 0 Å². The smallest absolute Gasteiger partial charge is 0.166 e. The highest BCUT2D eigenvalue weighted by Crippen LogP contribution is 2.31. The summed E-state index contributed by atoms with van der Waals surface area (Å²) in [6, 6.07) is 5.93.